The Hall–Kier alpha value is -1.13. The van der Waals surface area contributed by atoms with Gasteiger partial charge in [0, 0.05) is 18.7 Å². The van der Waals surface area contributed by atoms with Crippen molar-refractivity contribution in [1.82, 2.24) is 10.6 Å². The lowest BCUT2D eigenvalue weighted by Gasteiger charge is -2.15. The average Bonchev–Trinajstić information content (AvgIpc) is 2.56. The van der Waals surface area contributed by atoms with E-state index >= 15 is 0 Å². The van der Waals surface area contributed by atoms with Crippen molar-refractivity contribution in [2.24, 2.45) is 0 Å². The van der Waals surface area contributed by atoms with Crippen molar-refractivity contribution >= 4 is 17.5 Å². The van der Waals surface area contributed by atoms with E-state index in [4.69, 9.17) is 11.6 Å². The molecule has 1 heterocycles. The van der Waals surface area contributed by atoms with Crippen molar-refractivity contribution in [1.29, 1.82) is 0 Å². The van der Waals surface area contributed by atoms with Gasteiger partial charge in [0.2, 0.25) is 5.91 Å². The molecule has 0 aliphatic carbocycles. The van der Waals surface area contributed by atoms with Crippen LogP contribution < -0.4 is 10.6 Å². The summed E-state index contributed by atoms with van der Waals surface area (Å²) in [7, 11) is 0. The fraction of sp³-hybridized carbons (Fsp3) is 0.462. The Labute approximate surface area is 111 Å². The molecule has 0 saturated carbocycles. The summed E-state index contributed by atoms with van der Waals surface area (Å²) in [6, 6.07) is 4.64. The van der Waals surface area contributed by atoms with Crippen LogP contribution in [0.15, 0.2) is 18.2 Å². The lowest BCUT2D eigenvalue weighted by molar-refractivity contribution is -0.122. The number of rotatable bonds is 3. The van der Waals surface area contributed by atoms with Crippen LogP contribution in [0.4, 0.5) is 4.39 Å². The summed E-state index contributed by atoms with van der Waals surface area (Å²) < 4.78 is 13.7. The van der Waals surface area contributed by atoms with E-state index in [1.165, 1.54) is 6.07 Å². The van der Waals surface area contributed by atoms with E-state index in [1.807, 2.05) is 0 Å². The highest BCUT2D eigenvalue weighted by Crippen LogP contribution is 2.18. The smallest absolute Gasteiger partial charge is 0.237 e. The average molecular weight is 271 g/mol. The predicted molar refractivity (Wildman–Crippen MR) is 68.9 cm³/mol. The number of benzene rings is 1. The Balaban J connectivity index is 1.98. The number of amides is 1. The first-order valence-corrected chi connectivity index (χ1v) is 6.50. The van der Waals surface area contributed by atoms with Gasteiger partial charge in [-0.15, -0.1) is 0 Å². The number of nitrogens with one attached hydrogen (secondary N) is 2. The number of hydrogen-bond acceptors (Lipinski definition) is 2. The summed E-state index contributed by atoms with van der Waals surface area (Å²) in [5.41, 5.74) is 0.486. The molecule has 0 radical (unpaired) electrons. The molecule has 1 aromatic rings. The molecule has 1 aromatic carbocycles. The van der Waals surface area contributed by atoms with Crippen molar-refractivity contribution in [3.63, 3.8) is 0 Å². The lowest BCUT2D eigenvalue weighted by atomic mass is 10.1. The maximum Gasteiger partial charge on any atom is 0.237 e. The van der Waals surface area contributed by atoms with Crippen LogP contribution in [-0.2, 0) is 11.3 Å². The SMILES string of the molecule is O=C1NCCCCC1NCc1cccc(Cl)c1F. The quantitative estimate of drug-likeness (QED) is 0.884. The molecule has 1 saturated heterocycles. The molecule has 3 nitrogen and oxygen atoms in total. The zero-order valence-corrected chi connectivity index (χ0v) is 10.8. The second-order valence-corrected chi connectivity index (χ2v) is 4.84. The number of carbonyl (C=O) groups is 1. The molecule has 18 heavy (non-hydrogen) atoms. The van der Waals surface area contributed by atoms with Crippen molar-refractivity contribution < 1.29 is 9.18 Å². The van der Waals surface area contributed by atoms with Gasteiger partial charge in [0.15, 0.2) is 0 Å². The van der Waals surface area contributed by atoms with Crippen LogP contribution in [0.2, 0.25) is 5.02 Å². The summed E-state index contributed by atoms with van der Waals surface area (Å²) in [5.74, 6) is -0.421. The highest BCUT2D eigenvalue weighted by atomic mass is 35.5. The first-order chi connectivity index (χ1) is 8.68. The van der Waals surface area contributed by atoms with E-state index in [2.05, 4.69) is 10.6 Å². The molecule has 1 fully saturated rings. The number of carbonyl (C=O) groups excluding carboxylic acids is 1. The third-order valence-electron chi connectivity index (χ3n) is 3.11. The van der Waals surface area contributed by atoms with Gasteiger partial charge in [0.25, 0.3) is 0 Å². The molecule has 0 aromatic heterocycles. The fourth-order valence-electron chi connectivity index (χ4n) is 2.05. The Morgan fingerprint density at radius 1 is 1.44 bits per heavy atom. The summed E-state index contributed by atoms with van der Waals surface area (Å²) in [6.45, 7) is 1.03. The molecule has 0 bridgehead atoms. The Morgan fingerprint density at radius 2 is 2.28 bits per heavy atom. The fourth-order valence-corrected chi connectivity index (χ4v) is 2.25. The third-order valence-corrected chi connectivity index (χ3v) is 3.40. The highest BCUT2D eigenvalue weighted by molar-refractivity contribution is 6.30. The first-order valence-electron chi connectivity index (χ1n) is 6.12. The lowest BCUT2D eigenvalue weighted by Crippen LogP contribution is -2.42. The minimum Gasteiger partial charge on any atom is -0.355 e. The van der Waals surface area contributed by atoms with Gasteiger partial charge in [-0.1, -0.05) is 23.7 Å². The maximum absolute atomic E-state index is 13.7. The molecule has 5 heteroatoms. The van der Waals surface area contributed by atoms with Gasteiger partial charge in [-0.2, -0.15) is 0 Å². The normalized spacial score (nSPS) is 20.3. The second-order valence-electron chi connectivity index (χ2n) is 4.43. The van der Waals surface area contributed by atoms with Gasteiger partial charge in [-0.05, 0) is 25.3 Å². The van der Waals surface area contributed by atoms with Crippen molar-refractivity contribution in [3.8, 4) is 0 Å². The van der Waals surface area contributed by atoms with E-state index in [1.54, 1.807) is 12.1 Å². The monoisotopic (exact) mass is 270 g/mol. The van der Waals surface area contributed by atoms with E-state index in [0.29, 0.717) is 12.1 Å². The Morgan fingerprint density at radius 3 is 3.11 bits per heavy atom. The molecule has 1 unspecified atom stereocenters. The third kappa shape index (κ3) is 3.21. The molecule has 1 atom stereocenters. The highest BCUT2D eigenvalue weighted by Gasteiger charge is 2.20. The van der Waals surface area contributed by atoms with E-state index in [9.17, 15) is 9.18 Å². The van der Waals surface area contributed by atoms with Crippen LogP contribution in [0.3, 0.4) is 0 Å². The predicted octanol–water partition coefficient (Wildman–Crippen LogP) is 2.24. The largest absolute Gasteiger partial charge is 0.355 e. The second kappa shape index (κ2) is 6.16. The Kier molecular flexibility index (Phi) is 4.55. The minimum absolute atomic E-state index is 0.00469. The van der Waals surface area contributed by atoms with Gasteiger partial charge >= 0.3 is 0 Å². The number of hydrogen-bond donors (Lipinski definition) is 2. The Bertz CT molecular complexity index is 439. The van der Waals surface area contributed by atoms with Crippen molar-refractivity contribution in [3.05, 3.63) is 34.6 Å². The molecule has 0 spiro atoms. The van der Waals surface area contributed by atoms with Crippen molar-refractivity contribution in [2.75, 3.05) is 6.54 Å². The van der Waals surface area contributed by atoms with Crippen LogP contribution in [0.25, 0.3) is 0 Å². The minimum atomic E-state index is -0.416. The van der Waals surface area contributed by atoms with Gasteiger partial charge in [0.1, 0.15) is 5.82 Å². The van der Waals surface area contributed by atoms with Gasteiger partial charge < -0.3 is 10.6 Å². The molecule has 98 valence electrons. The van der Waals surface area contributed by atoms with Crippen molar-refractivity contribution in [2.45, 2.75) is 31.8 Å². The molecule has 1 amide bonds. The van der Waals surface area contributed by atoms with Crippen LogP contribution in [0.5, 0.6) is 0 Å². The zero-order valence-electron chi connectivity index (χ0n) is 10.0. The summed E-state index contributed by atoms with van der Waals surface area (Å²) >= 11 is 5.71. The van der Waals surface area contributed by atoms with Crippen LogP contribution in [0, 0.1) is 5.82 Å². The van der Waals surface area contributed by atoms with E-state index in [0.717, 1.165) is 25.8 Å². The molecular weight excluding hydrogens is 255 g/mol. The van der Waals surface area contributed by atoms with Gasteiger partial charge in [0.05, 0.1) is 11.1 Å². The van der Waals surface area contributed by atoms with E-state index in [-0.39, 0.29) is 17.0 Å². The zero-order chi connectivity index (χ0) is 13.0. The molecule has 2 N–H and O–H groups in total. The molecule has 1 aliphatic heterocycles. The summed E-state index contributed by atoms with van der Waals surface area (Å²) in [5, 5.41) is 6.03. The maximum atomic E-state index is 13.7. The van der Waals surface area contributed by atoms with E-state index < -0.39 is 5.82 Å². The number of halogens is 2. The topological polar surface area (TPSA) is 41.1 Å². The van der Waals surface area contributed by atoms with Gasteiger partial charge in [-0.25, -0.2) is 4.39 Å². The molecule has 1 aliphatic rings. The molecule has 2 rings (SSSR count). The standard InChI is InChI=1S/C13H16ClFN2O/c14-10-5-3-4-9(12(10)15)8-17-11-6-1-2-7-16-13(11)18/h3-5,11,17H,1-2,6-8H2,(H,16,18). The van der Waals surface area contributed by atoms with Gasteiger partial charge in [-0.3, -0.25) is 4.79 Å². The van der Waals surface area contributed by atoms with Crippen LogP contribution in [0.1, 0.15) is 24.8 Å². The first kappa shape index (κ1) is 13.3. The summed E-state index contributed by atoms with van der Waals surface area (Å²) in [6.07, 6.45) is 2.78. The molecular formula is C13H16ClFN2O. The summed E-state index contributed by atoms with van der Waals surface area (Å²) in [4.78, 5) is 11.7. The van der Waals surface area contributed by atoms with Crippen LogP contribution in [-0.4, -0.2) is 18.5 Å². The van der Waals surface area contributed by atoms with Crippen LogP contribution >= 0.6 is 11.6 Å².